The van der Waals surface area contributed by atoms with Crippen molar-refractivity contribution in [2.75, 3.05) is 19.8 Å². The Morgan fingerprint density at radius 1 is 0.960 bits per heavy atom. The fourth-order valence-electron chi connectivity index (χ4n) is 2.96. The van der Waals surface area contributed by atoms with Gasteiger partial charge in [-0.25, -0.2) is 4.57 Å². The fraction of sp³-hybridized carbons (Fsp3) is 1.00. The quantitative estimate of drug-likeness (QED) is 0.184. The molecule has 0 radical (unpaired) electrons. The van der Waals surface area contributed by atoms with Crippen molar-refractivity contribution in [1.82, 2.24) is 0 Å². The van der Waals surface area contributed by atoms with Crippen molar-refractivity contribution in [2.24, 2.45) is 5.92 Å². The highest BCUT2D eigenvalue weighted by Gasteiger charge is 2.29. The Morgan fingerprint density at radius 2 is 1.48 bits per heavy atom. The number of hydrogen-bond donors (Lipinski definition) is 1. The molecule has 0 aromatic carbocycles. The maximum absolute atomic E-state index is 11.9. The van der Waals surface area contributed by atoms with E-state index in [9.17, 15) is 9.46 Å². The fourth-order valence-corrected chi connectivity index (χ4v) is 3.79. The zero-order valence-electron chi connectivity index (χ0n) is 16.3. The lowest BCUT2D eigenvalue weighted by Crippen LogP contribution is -2.11. The smallest absolute Gasteiger partial charge is 0.371 e. The third-order valence-electron chi connectivity index (χ3n) is 4.73. The van der Waals surface area contributed by atoms with Gasteiger partial charge in [-0.3, -0.25) is 9.05 Å². The molecule has 5 nitrogen and oxygen atoms in total. The Balaban J connectivity index is 2.23. The first-order chi connectivity index (χ1) is 12.1. The van der Waals surface area contributed by atoms with E-state index in [4.69, 9.17) is 13.8 Å². The van der Waals surface area contributed by atoms with Crippen molar-refractivity contribution in [3.8, 4) is 0 Å². The van der Waals surface area contributed by atoms with Gasteiger partial charge in [-0.15, -0.1) is 0 Å². The summed E-state index contributed by atoms with van der Waals surface area (Å²) in [4.78, 5) is 9.77. The molecule has 25 heavy (non-hydrogen) atoms. The summed E-state index contributed by atoms with van der Waals surface area (Å²) in [6.07, 6.45) is 14.6. The largest absolute Gasteiger partial charge is 0.472 e. The second-order valence-electron chi connectivity index (χ2n) is 7.29. The summed E-state index contributed by atoms with van der Waals surface area (Å²) in [7, 11) is -3.94. The first-order valence-electron chi connectivity index (χ1n) is 10.3. The van der Waals surface area contributed by atoms with Crippen LogP contribution < -0.4 is 0 Å². The van der Waals surface area contributed by atoms with Gasteiger partial charge >= 0.3 is 7.82 Å². The molecule has 0 aliphatic carbocycles. The summed E-state index contributed by atoms with van der Waals surface area (Å²) < 4.78 is 27.2. The predicted molar refractivity (Wildman–Crippen MR) is 102 cm³/mol. The minimum Gasteiger partial charge on any atom is -0.371 e. The standard InChI is InChI=1S/C19H39O5P/c1-3-5-7-9-10-12-14-18(13-11-8-6-4-2)15-23-25(20,21)24-17-19-16-22-19/h18-19H,3-17H2,1-2H3,(H,20,21). The number of ether oxygens (including phenoxy) is 1. The third-order valence-corrected chi connectivity index (χ3v) is 5.68. The first kappa shape index (κ1) is 23.1. The maximum Gasteiger partial charge on any atom is 0.472 e. The Bertz CT molecular complexity index is 360. The highest BCUT2D eigenvalue weighted by atomic mass is 31.2. The van der Waals surface area contributed by atoms with E-state index < -0.39 is 7.82 Å². The summed E-state index contributed by atoms with van der Waals surface area (Å²) in [6, 6.07) is 0. The SMILES string of the molecule is CCCCCCCCC(CCCCCC)COP(=O)(O)OCC1CO1. The molecule has 3 unspecified atom stereocenters. The Hall–Kier alpha value is 0.0700. The monoisotopic (exact) mass is 378 g/mol. The van der Waals surface area contributed by atoms with Crippen LogP contribution in [0.15, 0.2) is 0 Å². The van der Waals surface area contributed by atoms with Crippen molar-refractivity contribution in [3.63, 3.8) is 0 Å². The normalized spacial score (nSPS) is 20.4. The van der Waals surface area contributed by atoms with E-state index in [1.54, 1.807) is 0 Å². The lowest BCUT2D eigenvalue weighted by Gasteiger charge is -2.19. The van der Waals surface area contributed by atoms with Gasteiger partial charge < -0.3 is 9.63 Å². The van der Waals surface area contributed by atoms with Crippen molar-refractivity contribution >= 4 is 7.82 Å². The molecular formula is C19H39O5P. The van der Waals surface area contributed by atoms with Gasteiger partial charge in [0, 0.05) is 0 Å². The molecule has 0 aromatic rings. The molecule has 0 bridgehead atoms. The number of phosphoric acid groups is 1. The van der Waals surface area contributed by atoms with Gasteiger partial charge in [-0.2, -0.15) is 0 Å². The molecular weight excluding hydrogens is 339 g/mol. The van der Waals surface area contributed by atoms with Gasteiger partial charge in [0.25, 0.3) is 0 Å². The van der Waals surface area contributed by atoms with Crippen molar-refractivity contribution in [3.05, 3.63) is 0 Å². The summed E-state index contributed by atoms with van der Waals surface area (Å²) in [5.41, 5.74) is 0. The van der Waals surface area contributed by atoms with Crippen LogP contribution in [0.3, 0.4) is 0 Å². The lowest BCUT2D eigenvalue weighted by molar-refractivity contribution is 0.118. The molecule has 1 N–H and O–H groups in total. The van der Waals surface area contributed by atoms with Crippen LogP contribution in [0.1, 0.15) is 90.9 Å². The molecule has 1 heterocycles. The molecule has 1 saturated heterocycles. The average molecular weight is 378 g/mol. The third kappa shape index (κ3) is 13.9. The summed E-state index contributed by atoms with van der Waals surface area (Å²) in [6.45, 7) is 5.51. The van der Waals surface area contributed by atoms with Gasteiger partial charge in [0.15, 0.2) is 0 Å². The van der Waals surface area contributed by atoms with Crippen LogP contribution in [-0.2, 0) is 18.3 Å². The highest BCUT2D eigenvalue weighted by Crippen LogP contribution is 2.44. The summed E-state index contributed by atoms with van der Waals surface area (Å²) in [5.74, 6) is 0.351. The van der Waals surface area contributed by atoms with E-state index in [0.717, 1.165) is 12.8 Å². The zero-order chi connectivity index (χ0) is 18.4. The van der Waals surface area contributed by atoms with Crippen LogP contribution in [0, 0.1) is 5.92 Å². The highest BCUT2D eigenvalue weighted by molar-refractivity contribution is 7.47. The molecule has 3 atom stereocenters. The first-order valence-corrected chi connectivity index (χ1v) is 11.8. The molecule has 0 spiro atoms. The van der Waals surface area contributed by atoms with Gasteiger partial charge in [-0.1, -0.05) is 78.1 Å². The minimum atomic E-state index is -3.94. The number of epoxide rings is 1. The lowest BCUT2D eigenvalue weighted by atomic mass is 9.95. The van der Waals surface area contributed by atoms with E-state index in [-0.39, 0.29) is 12.7 Å². The zero-order valence-corrected chi connectivity index (χ0v) is 17.2. The van der Waals surface area contributed by atoms with E-state index in [1.807, 2.05) is 0 Å². The van der Waals surface area contributed by atoms with Crippen LogP contribution >= 0.6 is 7.82 Å². The molecule has 0 saturated carbocycles. The molecule has 1 aliphatic heterocycles. The molecule has 1 fully saturated rings. The van der Waals surface area contributed by atoms with Gasteiger partial charge in [0.2, 0.25) is 0 Å². The molecule has 0 amide bonds. The van der Waals surface area contributed by atoms with Gasteiger partial charge in [-0.05, 0) is 18.8 Å². The number of phosphoric ester groups is 1. The van der Waals surface area contributed by atoms with Crippen molar-refractivity contribution < 1.29 is 23.2 Å². The Labute approximate surface area is 154 Å². The second-order valence-corrected chi connectivity index (χ2v) is 8.74. The van der Waals surface area contributed by atoms with Crippen LogP contribution in [0.5, 0.6) is 0 Å². The molecule has 6 heteroatoms. The van der Waals surface area contributed by atoms with Crippen LogP contribution in [-0.4, -0.2) is 30.8 Å². The Morgan fingerprint density at radius 3 is 2.04 bits per heavy atom. The van der Waals surface area contributed by atoms with E-state index in [2.05, 4.69) is 13.8 Å². The molecule has 150 valence electrons. The molecule has 1 rings (SSSR count). The molecule has 0 aromatic heterocycles. The van der Waals surface area contributed by atoms with Crippen molar-refractivity contribution in [2.45, 2.75) is 97.0 Å². The summed E-state index contributed by atoms with van der Waals surface area (Å²) >= 11 is 0. The second kappa shape index (κ2) is 14.2. The minimum absolute atomic E-state index is 0.0305. The number of unbranched alkanes of at least 4 members (excludes halogenated alkanes) is 8. The van der Waals surface area contributed by atoms with Crippen LogP contribution in [0.25, 0.3) is 0 Å². The Kier molecular flexibility index (Phi) is 13.1. The van der Waals surface area contributed by atoms with E-state index in [0.29, 0.717) is 19.1 Å². The van der Waals surface area contributed by atoms with Crippen LogP contribution in [0.4, 0.5) is 0 Å². The van der Waals surface area contributed by atoms with E-state index in [1.165, 1.54) is 64.2 Å². The van der Waals surface area contributed by atoms with Crippen LogP contribution in [0.2, 0.25) is 0 Å². The average Bonchev–Trinajstić information content (AvgIpc) is 3.41. The molecule has 1 aliphatic rings. The number of rotatable bonds is 18. The van der Waals surface area contributed by atoms with Gasteiger partial charge in [0.1, 0.15) is 6.10 Å². The van der Waals surface area contributed by atoms with Gasteiger partial charge in [0.05, 0.1) is 19.8 Å². The van der Waals surface area contributed by atoms with E-state index >= 15 is 0 Å². The summed E-state index contributed by atoms with van der Waals surface area (Å²) in [5, 5.41) is 0. The number of hydrogen-bond acceptors (Lipinski definition) is 4. The topological polar surface area (TPSA) is 68.3 Å². The maximum atomic E-state index is 11.9. The van der Waals surface area contributed by atoms with Crippen molar-refractivity contribution in [1.29, 1.82) is 0 Å². The predicted octanol–water partition coefficient (Wildman–Crippen LogP) is 5.86.